The van der Waals surface area contributed by atoms with Gasteiger partial charge in [-0.05, 0) is 26.3 Å². The lowest BCUT2D eigenvalue weighted by molar-refractivity contribution is 0.0999. The SMILES string of the molecule is C=CC(NCCC)C1CCOC1C. The molecule has 0 radical (unpaired) electrons. The Kier molecular flexibility index (Phi) is 4.46. The maximum absolute atomic E-state index is 5.54. The monoisotopic (exact) mass is 183 g/mol. The molecular weight excluding hydrogens is 162 g/mol. The molecule has 13 heavy (non-hydrogen) atoms. The van der Waals surface area contributed by atoms with Gasteiger partial charge in [0.15, 0.2) is 0 Å². The zero-order chi connectivity index (χ0) is 9.68. The number of rotatable bonds is 5. The molecule has 0 aromatic heterocycles. The van der Waals surface area contributed by atoms with Crippen molar-refractivity contribution >= 4 is 0 Å². The molecule has 1 aliphatic heterocycles. The molecule has 1 rings (SSSR count). The Labute approximate surface area is 81.4 Å². The average Bonchev–Trinajstić information content (AvgIpc) is 2.54. The minimum absolute atomic E-state index is 0.382. The van der Waals surface area contributed by atoms with E-state index >= 15 is 0 Å². The molecule has 76 valence electrons. The fourth-order valence-corrected chi connectivity index (χ4v) is 1.94. The smallest absolute Gasteiger partial charge is 0.0593 e. The molecular formula is C11H21NO. The van der Waals surface area contributed by atoms with Crippen LogP contribution in [0.3, 0.4) is 0 Å². The van der Waals surface area contributed by atoms with E-state index in [1.807, 2.05) is 6.08 Å². The van der Waals surface area contributed by atoms with Crippen LogP contribution < -0.4 is 5.32 Å². The van der Waals surface area contributed by atoms with Crippen molar-refractivity contribution in [2.45, 2.75) is 38.8 Å². The molecule has 0 spiro atoms. The Morgan fingerprint density at radius 2 is 2.46 bits per heavy atom. The molecule has 0 saturated carbocycles. The normalized spacial score (nSPS) is 30.3. The summed E-state index contributed by atoms with van der Waals surface area (Å²) in [7, 11) is 0. The highest BCUT2D eigenvalue weighted by Crippen LogP contribution is 2.24. The first-order valence-electron chi connectivity index (χ1n) is 5.27. The molecule has 1 N–H and O–H groups in total. The van der Waals surface area contributed by atoms with Crippen LogP contribution in [0.4, 0.5) is 0 Å². The van der Waals surface area contributed by atoms with Gasteiger partial charge < -0.3 is 10.1 Å². The van der Waals surface area contributed by atoms with E-state index < -0.39 is 0 Å². The predicted octanol–water partition coefficient (Wildman–Crippen LogP) is 1.97. The minimum atomic E-state index is 0.382. The van der Waals surface area contributed by atoms with Crippen molar-refractivity contribution in [1.82, 2.24) is 5.32 Å². The molecule has 0 amide bonds. The fraction of sp³-hybridized carbons (Fsp3) is 0.818. The topological polar surface area (TPSA) is 21.3 Å². The van der Waals surface area contributed by atoms with Crippen LogP contribution in [-0.2, 0) is 4.74 Å². The molecule has 1 saturated heterocycles. The first-order chi connectivity index (χ1) is 6.29. The van der Waals surface area contributed by atoms with Gasteiger partial charge in [0, 0.05) is 18.6 Å². The number of ether oxygens (including phenoxy) is 1. The standard InChI is InChI=1S/C11H21NO/c1-4-7-12-11(5-2)10-6-8-13-9(10)3/h5,9-12H,2,4,6-8H2,1,3H3. The highest BCUT2D eigenvalue weighted by Gasteiger charge is 2.29. The van der Waals surface area contributed by atoms with Gasteiger partial charge in [-0.25, -0.2) is 0 Å². The van der Waals surface area contributed by atoms with Gasteiger partial charge in [-0.15, -0.1) is 6.58 Å². The van der Waals surface area contributed by atoms with Gasteiger partial charge in [-0.3, -0.25) is 0 Å². The second-order valence-corrected chi connectivity index (χ2v) is 3.74. The summed E-state index contributed by atoms with van der Waals surface area (Å²) >= 11 is 0. The molecule has 2 nitrogen and oxygen atoms in total. The van der Waals surface area contributed by atoms with Crippen LogP contribution in [0.15, 0.2) is 12.7 Å². The van der Waals surface area contributed by atoms with Gasteiger partial charge in [-0.1, -0.05) is 13.0 Å². The summed E-state index contributed by atoms with van der Waals surface area (Å²) in [4.78, 5) is 0. The first kappa shape index (κ1) is 10.7. The lowest BCUT2D eigenvalue weighted by Crippen LogP contribution is -2.37. The predicted molar refractivity (Wildman–Crippen MR) is 55.8 cm³/mol. The largest absolute Gasteiger partial charge is 0.378 e. The van der Waals surface area contributed by atoms with E-state index in [4.69, 9.17) is 4.74 Å². The van der Waals surface area contributed by atoms with Crippen LogP contribution >= 0.6 is 0 Å². The molecule has 0 aliphatic carbocycles. The molecule has 0 bridgehead atoms. The van der Waals surface area contributed by atoms with Crippen LogP contribution in [0, 0.1) is 5.92 Å². The molecule has 1 aliphatic rings. The lowest BCUT2D eigenvalue weighted by atomic mass is 9.93. The quantitative estimate of drug-likeness (QED) is 0.658. The second-order valence-electron chi connectivity index (χ2n) is 3.74. The zero-order valence-corrected chi connectivity index (χ0v) is 8.75. The van der Waals surface area contributed by atoms with Crippen LogP contribution in [0.1, 0.15) is 26.7 Å². The summed E-state index contributed by atoms with van der Waals surface area (Å²) in [6, 6.07) is 0.428. The second kappa shape index (κ2) is 5.40. The average molecular weight is 183 g/mol. The molecule has 1 heterocycles. The van der Waals surface area contributed by atoms with Crippen LogP contribution in [0.2, 0.25) is 0 Å². The summed E-state index contributed by atoms with van der Waals surface area (Å²) in [6.07, 6.45) is 4.74. The summed E-state index contributed by atoms with van der Waals surface area (Å²) < 4.78 is 5.54. The van der Waals surface area contributed by atoms with E-state index in [0.29, 0.717) is 18.1 Å². The molecule has 3 atom stereocenters. The van der Waals surface area contributed by atoms with Crippen molar-refractivity contribution in [3.05, 3.63) is 12.7 Å². The van der Waals surface area contributed by atoms with Crippen LogP contribution in [-0.4, -0.2) is 25.3 Å². The maximum Gasteiger partial charge on any atom is 0.0593 e. The summed E-state index contributed by atoms with van der Waals surface area (Å²) in [5, 5.41) is 3.49. The van der Waals surface area contributed by atoms with Crippen LogP contribution in [0.25, 0.3) is 0 Å². The molecule has 2 heteroatoms. The minimum Gasteiger partial charge on any atom is -0.378 e. The van der Waals surface area contributed by atoms with Crippen molar-refractivity contribution in [1.29, 1.82) is 0 Å². The molecule has 0 aromatic rings. The third-order valence-electron chi connectivity index (χ3n) is 2.78. The Morgan fingerprint density at radius 3 is 2.92 bits per heavy atom. The fourth-order valence-electron chi connectivity index (χ4n) is 1.94. The summed E-state index contributed by atoms with van der Waals surface area (Å²) in [5.74, 6) is 0.615. The van der Waals surface area contributed by atoms with Gasteiger partial charge in [-0.2, -0.15) is 0 Å². The van der Waals surface area contributed by atoms with E-state index in [1.165, 1.54) is 6.42 Å². The maximum atomic E-state index is 5.54. The Hall–Kier alpha value is -0.340. The van der Waals surface area contributed by atoms with Gasteiger partial charge >= 0.3 is 0 Å². The lowest BCUT2D eigenvalue weighted by Gasteiger charge is -2.23. The van der Waals surface area contributed by atoms with Gasteiger partial charge in [0.1, 0.15) is 0 Å². The van der Waals surface area contributed by atoms with E-state index in [0.717, 1.165) is 19.6 Å². The van der Waals surface area contributed by atoms with Gasteiger partial charge in [0.25, 0.3) is 0 Å². The van der Waals surface area contributed by atoms with E-state index in [9.17, 15) is 0 Å². The van der Waals surface area contributed by atoms with E-state index in [2.05, 4.69) is 25.7 Å². The first-order valence-corrected chi connectivity index (χ1v) is 5.27. The molecule has 3 unspecified atom stereocenters. The highest BCUT2D eigenvalue weighted by molar-refractivity contribution is 4.95. The van der Waals surface area contributed by atoms with Gasteiger partial charge in [0.05, 0.1) is 6.10 Å². The number of hydrogen-bond donors (Lipinski definition) is 1. The Bertz CT molecular complexity index is 158. The third kappa shape index (κ3) is 2.82. The van der Waals surface area contributed by atoms with E-state index in [1.54, 1.807) is 0 Å². The highest BCUT2D eigenvalue weighted by atomic mass is 16.5. The molecule has 0 aromatic carbocycles. The van der Waals surface area contributed by atoms with Crippen molar-refractivity contribution in [2.75, 3.05) is 13.2 Å². The van der Waals surface area contributed by atoms with Crippen molar-refractivity contribution in [3.8, 4) is 0 Å². The van der Waals surface area contributed by atoms with Crippen molar-refractivity contribution in [3.63, 3.8) is 0 Å². The Morgan fingerprint density at radius 1 is 1.69 bits per heavy atom. The molecule has 1 fully saturated rings. The zero-order valence-electron chi connectivity index (χ0n) is 8.75. The van der Waals surface area contributed by atoms with Crippen molar-refractivity contribution < 1.29 is 4.74 Å². The third-order valence-corrected chi connectivity index (χ3v) is 2.78. The number of nitrogens with one attached hydrogen (secondary N) is 1. The summed E-state index contributed by atoms with van der Waals surface area (Å²) in [6.45, 7) is 10.2. The Balaban J connectivity index is 2.40. The van der Waals surface area contributed by atoms with Gasteiger partial charge in [0.2, 0.25) is 0 Å². The van der Waals surface area contributed by atoms with Crippen molar-refractivity contribution in [2.24, 2.45) is 5.92 Å². The van der Waals surface area contributed by atoms with Crippen LogP contribution in [0.5, 0.6) is 0 Å². The van der Waals surface area contributed by atoms with E-state index in [-0.39, 0.29) is 0 Å². The summed E-state index contributed by atoms with van der Waals surface area (Å²) in [5.41, 5.74) is 0. The number of hydrogen-bond acceptors (Lipinski definition) is 2.